The van der Waals surface area contributed by atoms with E-state index in [9.17, 15) is 8.78 Å². The summed E-state index contributed by atoms with van der Waals surface area (Å²) in [6.07, 6.45) is 0. The van der Waals surface area contributed by atoms with Crippen molar-refractivity contribution in [1.82, 2.24) is 10.3 Å². The minimum Gasteiger partial charge on any atom is -0.435 e. The largest absolute Gasteiger partial charge is 0.435 e. The van der Waals surface area contributed by atoms with Crippen LogP contribution < -0.4 is 10.1 Å². The van der Waals surface area contributed by atoms with Crippen molar-refractivity contribution in [2.75, 3.05) is 0 Å². The van der Waals surface area contributed by atoms with Crippen molar-refractivity contribution in [3.63, 3.8) is 0 Å². The summed E-state index contributed by atoms with van der Waals surface area (Å²) < 4.78 is 28.9. The molecule has 0 saturated heterocycles. The number of halogens is 2. The van der Waals surface area contributed by atoms with Gasteiger partial charge >= 0.3 is 6.61 Å². The predicted octanol–water partition coefficient (Wildman–Crippen LogP) is 4.21. The third-order valence-electron chi connectivity index (χ3n) is 3.15. The number of aryl methyl sites for hydroxylation is 2. The Balaban J connectivity index is 1.99. The average Bonchev–Trinajstić information content (AvgIpc) is 2.74. The molecule has 2 aromatic rings. The molecule has 0 saturated carbocycles. The average molecular weight is 312 g/mol. The summed E-state index contributed by atoms with van der Waals surface area (Å²) in [7, 11) is 0. The first-order valence-electron chi connectivity index (χ1n) is 6.66. The molecular weight excluding hydrogens is 294 g/mol. The van der Waals surface area contributed by atoms with Gasteiger partial charge in [-0.25, -0.2) is 4.98 Å². The van der Waals surface area contributed by atoms with E-state index < -0.39 is 6.61 Å². The Morgan fingerprint density at radius 1 is 1.33 bits per heavy atom. The number of alkyl halides is 2. The van der Waals surface area contributed by atoms with Gasteiger partial charge in [0.05, 0.1) is 10.7 Å². The Bertz CT molecular complexity index is 601. The van der Waals surface area contributed by atoms with E-state index >= 15 is 0 Å². The molecule has 0 spiro atoms. The highest BCUT2D eigenvalue weighted by Crippen LogP contribution is 2.22. The minimum atomic E-state index is -2.80. The van der Waals surface area contributed by atoms with E-state index in [4.69, 9.17) is 0 Å². The Morgan fingerprint density at radius 3 is 2.71 bits per heavy atom. The number of aromatic nitrogens is 1. The molecular formula is C15H18F2N2OS. The summed E-state index contributed by atoms with van der Waals surface area (Å²) in [5, 5.41) is 4.42. The quantitative estimate of drug-likeness (QED) is 0.867. The van der Waals surface area contributed by atoms with Crippen molar-refractivity contribution in [3.8, 4) is 5.75 Å². The second-order valence-electron chi connectivity index (χ2n) is 4.80. The summed E-state index contributed by atoms with van der Waals surface area (Å²) in [5.74, 6) is 0.181. The van der Waals surface area contributed by atoms with Crippen LogP contribution in [0.3, 0.4) is 0 Å². The molecule has 0 radical (unpaired) electrons. The number of benzene rings is 1. The molecule has 0 aliphatic heterocycles. The lowest BCUT2D eigenvalue weighted by Crippen LogP contribution is -2.18. The van der Waals surface area contributed by atoms with Gasteiger partial charge in [0.1, 0.15) is 5.75 Å². The summed E-state index contributed by atoms with van der Waals surface area (Å²) in [4.78, 5) is 5.58. The Labute approximate surface area is 127 Å². The first-order chi connectivity index (χ1) is 9.95. The number of thiazole rings is 1. The molecule has 6 heteroatoms. The summed E-state index contributed by atoms with van der Waals surface area (Å²) >= 11 is 1.67. The highest BCUT2D eigenvalue weighted by Gasteiger charge is 2.10. The lowest BCUT2D eigenvalue weighted by atomic mass is 10.1. The molecule has 1 atom stereocenters. The van der Waals surface area contributed by atoms with Gasteiger partial charge < -0.3 is 10.1 Å². The third kappa shape index (κ3) is 4.47. The lowest BCUT2D eigenvalue weighted by molar-refractivity contribution is -0.0499. The lowest BCUT2D eigenvalue weighted by Gasteiger charge is -2.15. The maximum atomic E-state index is 12.2. The molecule has 0 amide bonds. The maximum Gasteiger partial charge on any atom is 0.387 e. The number of hydrogen-bond acceptors (Lipinski definition) is 4. The van der Waals surface area contributed by atoms with E-state index in [2.05, 4.69) is 15.0 Å². The van der Waals surface area contributed by atoms with E-state index in [0.717, 1.165) is 16.3 Å². The van der Waals surface area contributed by atoms with Crippen molar-refractivity contribution >= 4 is 11.3 Å². The number of nitrogens with one attached hydrogen (secondary N) is 1. The SMILES string of the molecule is Cc1nc(C)c(CNC(C)c2cccc(OC(F)F)c2)s1. The molecule has 1 unspecified atom stereocenters. The van der Waals surface area contributed by atoms with Gasteiger partial charge in [-0.3, -0.25) is 0 Å². The first-order valence-corrected chi connectivity index (χ1v) is 7.48. The fraction of sp³-hybridized carbons (Fsp3) is 0.400. The van der Waals surface area contributed by atoms with Crippen LogP contribution in [0.2, 0.25) is 0 Å². The van der Waals surface area contributed by atoms with Gasteiger partial charge in [0.2, 0.25) is 0 Å². The van der Waals surface area contributed by atoms with E-state index in [1.807, 2.05) is 26.8 Å². The molecule has 21 heavy (non-hydrogen) atoms. The van der Waals surface area contributed by atoms with Crippen molar-refractivity contribution in [1.29, 1.82) is 0 Å². The molecule has 3 nitrogen and oxygen atoms in total. The molecule has 0 bridgehead atoms. The summed E-state index contributed by atoms with van der Waals surface area (Å²) in [5.41, 5.74) is 1.94. The Hall–Kier alpha value is -1.53. The van der Waals surface area contributed by atoms with E-state index in [1.54, 1.807) is 23.5 Å². The molecule has 1 N–H and O–H groups in total. The maximum absolute atomic E-state index is 12.2. The van der Waals surface area contributed by atoms with Crippen molar-refractivity contribution in [2.24, 2.45) is 0 Å². The minimum absolute atomic E-state index is 0.0352. The van der Waals surface area contributed by atoms with Gasteiger partial charge in [0, 0.05) is 17.5 Å². The van der Waals surface area contributed by atoms with Crippen LogP contribution in [0.15, 0.2) is 24.3 Å². The Kier molecular flexibility index (Phi) is 5.25. The zero-order valence-corrected chi connectivity index (χ0v) is 13.0. The zero-order valence-electron chi connectivity index (χ0n) is 12.2. The molecule has 0 fully saturated rings. The standard InChI is InChI=1S/C15H18F2N2OS/c1-9(18-8-14-10(2)19-11(3)21-14)12-5-4-6-13(7-12)20-15(16)17/h4-7,9,15,18H,8H2,1-3H3. The van der Waals surface area contributed by atoms with E-state index in [0.29, 0.717) is 6.54 Å². The number of nitrogens with zero attached hydrogens (tertiary/aromatic N) is 1. The van der Waals surface area contributed by atoms with Gasteiger partial charge in [-0.2, -0.15) is 8.78 Å². The van der Waals surface area contributed by atoms with Gasteiger partial charge in [-0.05, 0) is 38.5 Å². The highest BCUT2D eigenvalue weighted by molar-refractivity contribution is 7.11. The van der Waals surface area contributed by atoms with Crippen LogP contribution in [-0.4, -0.2) is 11.6 Å². The number of ether oxygens (including phenoxy) is 1. The van der Waals surface area contributed by atoms with Gasteiger partial charge in [0.25, 0.3) is 0 Å². The van der Waals surface area contributed by atoms with Gasteiger partial charge in [-0.15, -0.1) is 11.3 Å². The van der Waals surface area contributed by atoms with Crippen molar-refractivity contribution in [3.05, 3.63) is 45.4 Å². The second kappa shape index (κ2) is 6.95. The molecule has 114 valence electrons. The number of hydrogen-bond donors (Lipinski definition) is 1. The van der Waals surface area contributed by atoms with Crippen LogP contribution in [-0.2, 0) is 6.54 Å². The molecule has 0 aliphatic rings. The fourth-order valence-electron chi connectivity index (χ4n) is 2.06. The highest BCUT2D eigenvalue weighted by atomic mass is 32.1. The van der Waals surface area contributed by atoms with Crippen LogP contribution in [0.25, 0.3) is 0 Å². The van der Waals surface area contributed by atoms with E-state index in [1.165, 1.54) is 10.9 Å². The van der Waals surface area contributed by atoms with Gasteiger partial charge in [-0.1, -0.05) is 12.1 Å². The van der Waals surface area contributed by atoms with Crippen molar-refractivity contribution in [2.45, 2.75) is 40.0 Å². The van der Waals surface area contributed by atoms with Crippen LogP contribution >= 0.6 is 11.3 Å². The van der Waals surface area contributed by atoms with Gasteiger partial charge in [0.15, 0.2) is 0 Å². The Morgan fingerprint density at radius 2 is 2.10 bits per heavy atom. The molecule has 2 rings (SSSR count). The van der Waals surface area contributed by atoms with Crippen molar-refractivity contribution < 1.29 is 13.5 Å². The topological polar surface area (TPSA) is 34.2 Å². The van der Waals surface area contributed by atoms with Crippen LogP contribution in [0.5, 0.6) is 5.75 Å². The first kappa shape index (κ1) is 15.9. The van der Waals surface area contributed by atoms with Crippen LogP contribution in [0, 0.1) is 13.8 Å². The molecule has 1 heterocycles. The number of rotatable bonds is 6. The zero-order chi connectivity index (χ0) is 15.4. The predicted molar refractivity (Wildman–Crippen MR) is 79.9 cm³/mol. The van der Waals surface area contributed by atoms with E-state index in [-0.39, 0.29) is 11.8 Å². The third-order valence-corrected chi connectivity index (χ3v) is 4.22. The second-order valence-corrected chi connectivity index (χ2v) is 6.08. The van der Waals surface area contributed by atoms with Crippen LogP contribution in [0.1, 0.15) is 34.1 Å². The smallest absolute Gasteiger partial charge is 0.387 e. The fourth-order valence-corrected chi connectivity index (χ4v) is 2.95. The molecule has 1 aromatic carbocycles. The monoisotopic (exact) mass is 312 g/mol. The molecule has 0 aliphatic carbocycles. The van der Waals surface area contributed by atoms with Crippen LogP contribution in [0.4, 0.5) is 8.78 Å². The summed E-state index contributed by atoms with van der Waals surface area (Å²) in [6, 6.07) is 6.80. The summed E-state index contributed by atoms with van der Waals surface area (Å²) in [6.45, 7) is 3.87. The molecule has 1 aromatic heterocycles. The normalized spacial score (nSPS) is 12.7.